The molecule has 2 N–H and O–H groups in total. The maximum atomic E-state index is 13.3. The predicted octanol–water partition coefficient (Wildman–Crippen LogP) is 2.33. The Bertz CT molecular complexity index is 515. The van der Waals surface area contributed by atoms with E-state index < -0.39 is 6.04 Å². The van der Waals surface area contributed by atoms with Crippen molar-refractivity contribution in [3.05, 3.63) is 45.8 Å². The lowest BCUT2D eigenvalue weighted by Gasteiger charge is -2.07. The molecular weight excluding hydrogens is 277 g/mol. The first-order chi connectivity index (χ1) is 7.58. The molecule has 0 fully saturated rings. The molecule has 1 heterocycles. The summed E-state index contributed by atoms with van der Waals surface area (Å²) in [5.41, 5.74) is 6.48. The third-order valence-corrected chi connectivity index (χ3v) is 2.77. The lowest BCUT2D eigenvalue weighted by Crippen LogP contribution is -2.13. The van der Waals surface area contributed by atoms with Gasteiger partial charge in [0, 0.05) is 6.92 Å². The van der Waals surface area contributed by atoms with Crippen molar-refractivity contribution in [2.75, 3.05) is 0 Å². The van der Waals surface area contributed by atoms with Crippen molar-refractivity contribution in [2.24, 2.45) is 5.73 Å². The van der Waals surface area contributed by atoms with E-state index in [0.29, 0.717) is 21.8 Å². The molecule has 0 amide bonds. The average Bonchev–Trinajstić information content (AvgIpc) is 2.68. The van der Waals surface area contributed by atoms with Crippen LogP contribution in [0.25, 0.3) is 0 Å². The molecule has 0 saturated heterocycles. The van der Waals surface area contributed by atoms with E-state index in [1.54, 1.807) is 19.1 Å². The van der Waals surface area contributed by atoms with Gasteiger partial charge in [0.05, 0.1) is 10.5 Å². The van der Waals surface area contributed by atoms with Crippen molar-refractivity contribution in [3.8, 4) is 0 Å². The lowest BCUT2D eigenvalue weighted by molar-refractivity contribution is 0.385. The van der Waals surface area contributed by atoms with Gasteiger partial charge in [-0.15, -0.1) is 0 Å². The first-order valence-corrected chi connectivity index (χ1v) is 5.38. The quantitative estimate of drug-likeness (QED) is 0.920. The van der Waals surface area contributed by atoms with Crippen LogP contribution in [-0.2, 0) is 0 Å². The number of aromatic nitrogens is 2. The van der Waals surface area contributed by atoms with Gasteiger partial charge in [-0.2, -0.15) is 4.98 Å². The van der Waals surface area contributed by atoms with Crippen LogP contribution in [0.4, 0.5) is 4.39 Å². The van der Waals surface area contributed by atoms with Gasteiger partial charge >= 0.3 is 0 Å². The van der Waals surface area contributed by atoms with E-state index in [2.05, 4.69) is 26.1 Å². The summed E-state index contributed by atoms with van der Waals surface area (Å²) < 4.78 is 18.5. The van der Waals surface area contributed by atoms with E-state index in [1.807, 2.05) is 0 Å². The maximum absolute atomic E-state index is 13.3. The molecule has 1 unspecified atom stereocenters. The Kier molecular flexibility index (Phi) is 3.02. The zero-order valence-corrected chi connectivity index (χ0v) is 10.0. The van der Waals surface area contributed by atoms with Gasteiger partial charge in [0.15, 0.2) is 5.82 Å². The summed E-state index contributed by atoms with van der Waals surface area (Å²) >= 11 is 3.07. The summed E-state index contributed by atoms with van der Waals surface area (Å²) in [5, 5.41) is 3.70. The van der Waals surface area contributed by atoms with Crippen LogP contribution in [0.1, 0.15) is 23.3 Å². The number of nitrogens with zero attached hydrogens (tertiary/aromatic N) is 2. The van der Waals surface area contributed by atoms with Gasteiger partial charge in [-0.25, -0.2) is 4.39 Å². The van der Waals surface area contributed by atoms with Crippen LogP contribution in [0, 0.1) is 12.7 Å². The second-order valence-electron chi connectivity index (χ2n) is 3.32. The van der Waals surface area contributed by atoms with Crippen LogP contribution in [0.15, 0.2) is 27.2 Å². The summed E-state index contributed by atoms with van der Waals surface area (Å²) in [7, 11) is 0. The molecule has 6 heteroatoms. The van der Waals surface area contributed by atoms with E-state index in [1.165, 1.54) is 6.07 Å². The van der Waals surface area contributed by atoms with Crippen LogP contribution in [0.3, 0.4) is 0 Å². The second kappa shape index (κ2) is 4.31. The number of hydrogen-bond donors (Lipinski definition) is 1. The van der Waals surface area contributed by atoms with Crippen LogP contribution >= 0.6 is 15.9 Å². The molecule has 2 aromatic rings. The van der Waals surface area contributed by atoms with E-state index >= 15 is 0 Å². The van der Waals surface area contributed by atoms with Gasteiger partial charge < -0.3 is 10.3 Å². The summed E-state index contributed by atoms with van der Waals surface area (Å²) in [4.78, 5) is 4.00. The molecule has 1 aromatic heterocycles. The molecular formula is C10H9BrFN3O. The summed E-state index contributed by atoms with van der Waals surface area (Å²) in [6.07, 6.45) is 0. The van der Waals surface area contributed by atoms with Crippen molar-refractivity contribution in [1.29, 1.82) is 0 Å². The van der Waals surface area contributed by atoms with Gasteiger partial charge in [0.2, 0.25) is 5.89 Å². The monoisotopic (exact) mass is 285 g/mol. The fourth-order valence-electron chi connectivity index (χ4n) is 1.30. The largest absolute Gasteiger partial charge is 0.340 e. The minimum absolute atomic E-state index is 0.347. The normalized spacial score (nSPS) is 12.8. The van der Waals surface area contributed by atoms with Crippen molar-refractivity contribution in [2.45, 2.75) is 13.0 Å². The molecule has 16 heavy (non-hydrogen) atoms. The first-order valence-electron chi connectivity index (χ1n) is 4.58. The Morgan fingerprint density at radius 3 is 2.81 bits per heavy atom. The zero-order chi connectivity index (χ0) is 11.7. The Morgan fingerprint density at radius 1 is 1.50 bits per heavy atom. The second-order valence-corrected chi connectivity index (χ2v) is 4.18. The molecule has 84 valence electrons. The highest BCUT2D eigenvalue weighted by Gasteiger charge is 2.16. The van der Waals surface area contributed by atoms with Gasteiger partial charge in [-0.3, -0.25) is 0 Å². The van der Waals surface area contributed by atoms with Crippen molar-refractivity contribution in [3.63, 3.8) is 0 Å². The first kappa shape index (κ1) is 11.2. The Hall–Kier alpha value is -1.27. The highest BCUT2D eigenvalue weighted by atomic mass is 79.9. The minimum atomic E-state index is -0.583. The number of halogens is 2. The number of aryl methyl sites for hydroxylation is 1. The lowest BCUT2D eigenvalue weighted by atomic mass is 10.1. The van der Waals surface area contributed by atoms with Gasteiger partial charge in [-0.1, -0.05) is 11.2 Å². The van der Waals surface area contributed by atoms with E-state index in [-0.39, 0.29) is 5.82 Å². The molecule has 0 aliphatic heterocycles. The van der Waals surface area contributed by atoms with Crippen molar-refractivity contribution < 1.29 is 8.91 Å². The molecule has 1 aromatic carbocycles. The van der Waals surface area contributed by atoms with E-state index in [4.69, 9.17) is 10.3 Å². The van der Waals surface area contributed by atoms with E-state index in [9.17, 15) is 4.39 Å². The maximum Gasteiger partial charge on any atom is 0.223 e. The molecule has 2 rings (SSSR count). The molecule has 0 bridgehead atoms. The minimum Gasteiger partial charge on any atom is -0.340 e. The van der Waals surface area contributed by atoms with Gasteiger partial charge in [-0.05, 0) is 33.6 Å². The zero-order valence-electron chi connectivity index (χ0n) is 8.45. The predicted molar refractivity (Wildman–Crippen MR) is 59.2 cm³/mol. The Balaban J connectivity index is 2.33. The molecule has 0 aliphatic carbocycles. The molecule has 4 nitrogen and oxygen atoms in total. The van der Waals surface area contributed by atoms with Crippen molar-refractivity contribution >= 4 is 15.9 Å². The molecule has 0 saturated carbocycles. The SMILES string of the molecule is Cc1nc(C(N)c2ccc(Br)c(F)c2)no1. The Labute approximate surface area is 99.8 Å². The standard InChI is InChI=1S/C10H9BrFN3O/c1-5-14-10(15-16-5)9(13)6-2-3-7(11)8(12)4-6/h2-4,9H,13H2,1H3. The van der Waals surface area contributed by atoms with Crippen molar-refractivity contribution in [1.82, 2.24) is 10.1 Å². The number of nitrogens with two attached hydrogens (primary N) is 1. The van der Waals surface area contributed by atoms with E-state index in [0.717, 1.165) is 0 Å². The van der Waals surface area contributed by atoms with Crippen LogP contribution in [0.5, 0.6) is 0 Å². The highest BCUT2D eigenvalue weighted by Crippen LogP contribution is 2.22. The molecule has 0 spiro atoms. The van der Waals surface area contributed by atoms with Crippen LogP contribution in [0.2, 0.25) is 0 Å². The fourth-order valence-corrected chi connectivity index (χ4v) is 1.54. The summed E-state index contributed by atoms with van der Waals surface area (Å²) in [6.45, 7) is 1.67. The summed E-state index contributed by atoms with van der Waals surface area (Å²) in [6, 6.07) is 4.07. The topological polar surface area (TPSA) is 64.9 Å². The number of benzene rings is 1. The number of hydrogen-bond acceptors (Lipinski definition) is 4. The fraction of sp³-hybridized carbons (Fsp3) is 0.200. The molecule has 0 radical (unpaired) electrons. The summed E-state index contributed by atoms with van der Waals surface area (Å²) in [5.74, 6) is 0.412. The highest BCUT2D eigenvalue weighted by molar-refractivity contribution is 9.10. The Morgan fingerprint density at radius 2 is 2.25 bits per heavy atom. The smallest absolute Gasteiger partial charge is 0.223 e. The molecule has 1 atom stereocenters. The third kappa shape index (κ3) is 2.12. The van der Waals surface area contributed by atoms with Gasteiger partial charge in [0.1, 0.15) is 5.82 Å². The van der Waals surface area contributed by atoms with Crippen LogP contribution < -0.4 is 5.73 Å². The van der Waals surface area contributed by atoms with Gasteiger partial charge in [0.25, 0.3) is 0 Å². The molecule has 0 aliphatic rings. The van der Waals surface area contributed by atoms with Crippen LogP contribution in [-0.4, -0.2) is 10.1 Å². The average molecular weight is 286 g/mol. The number of rotatable bonds is 2. The third-order valence-electron chi connectivity index (χ3n) is 2.12.